The molecule has 224 valence electrons. The highest BCUT2D eigenvalue weighted by Gasteiger charge is 2.35. The SMILES string of the molecule is CCOC(=O)C1=C(C)N=c2s/c(=C\c3cc(C)n(-c4ccc(C)c(I)c4)c3C)c(=O)n2[C@@H]1c1cc(OC)c(OC)cc1Br. The van der Waals surface area contributed by atoms with Crippen LogP contribution in [0.15, 0.2) is 61.9 Å². The van der Waals surface area contributed by atoms with Crippen LogP contribution in [0.3, 0.4) is 0 Å². The fraction of sp³-hybridized carbons (Fsp3) is 0.281. The molecule has 0 fully saturated rings. The van der Waals surface area contributed by atoms with E-state index in [0.29, 0.717) is 42.1 Å². The van der Waals surface area contributed by atoms with Gasteiger partial charge in [-0.3, -0.25) is 9.36 Å². The zero-order chi connectivity index (χ0) is 31.2. The van der Waals surface area contributed by atoms with Crippen LogP contribution in [-0.2, 0) is 9.53 Å². The summed E-state index contributed by atoms with van der Waals surface area (Å²) in [5.74, 6) is 0.461. The van der Waals surface area contributed by atoms with E-state index in [1.165, 1.54) is 20.5 Å². The molecule has 1 aliphatic rings. The van der Waals surface area contributed by atoms with Gasteiger partial charge in [-0.15, -0.1) is 0 Å². The Morgan fingerprint density at radius 1 is 1.09 bits per heavy atom. The van der Waals surface area contributed by atoms with Gasteiger partial charge in [0.1, 0.15) is 0 Å². The first-order chi connectivity index (χ1) is 20.5. The van der Waals surface area contributed by atoms with Gasteiger partial charge >= 0.3 is 5.97 Å². The van der Waals surface area contributed by atoms with E-state index >= 15 is 0 Å². The molecular weight excluding hydrogens is 745 g/mol. The minimum absolute atomic E-state index is 0.190. The highest BCUT2D eigenvalue weighted by Crippen LogP contribution is 2.40. The van der Waals surface area contributed by atoms with Gasteiger partial charge in [-0.05, 0) is 110 Å². The average Bonchev–Trinajstić information content (AvgIpc) is 3.42. The molecule has 0 unspecified atom stereocenters. The van der Waals surface area contributed by atoms with Gasteiger partial charge in [0.15, 0.2) is 16.3 Å². The van der Waals surface area contributed by atoms with Crippen molar-refractivity contribution in [3.05, 3.63) is 103 Å². The normalized spacial score (nSPS) is 14.9. The molecule has 0 aliphatic carbocycles. The number of benzene rings is 2. The number of ether oxygens (including phenoxy) is 3. The maximum Gasteiger partial charge on any atom is 0.338 e. The van der Waals surface area contributed by atoms with Crippen LogP contribution >= 0.6 is 49.9 Å². The van der Waals surface area contributed by atoms with Crippen LogP contribution in [0.2, 0.25) is 0 Å². The van der Waals surface area contributed by atoms with Crippen molar-refractivity contribution in [2.45, 2.75) is 40.7 Å². The van der Waals surface area contributed by atoms with Gasteiger partial charge in [0.2, 0.25) is 0 Å². The lowest BCUT2D eigenvalue weighted by molar-refractivity contribution is -0.139. The minimum Gasteiger partial charge on any atom is -0.493 e. The topological polar surface area (TPSA) is 84.1 Å². The van der Waals surface area contributed by atoms with Crippen molar-refractivity contribution in [3.63, 3.8) is 0 Å². The first-order valence-corrected chi connectivity index (χ1v) is 16.3. The molecule has 1 aliphatic heterocycles. The summed E-state index contributed by atoms with van der Waals surface area (Å²) < 4.78 is 22.6. The fourth-order valence-electron chi connectivity index (χ4n) is 5.36. The van der Waals surface area contributed by atoms with Gasteiger partial charge < -0.3 is 18.8 Å². The number of halogens is 2. The number of esters is 1. The highest BCUT2D eigenvalue weighted by atomic mass is 127. The summed E-state index contributed by atoms with van der Waals surface area (Å²) in [5.41, 5.74) is 6.48. The molecule has 0 amide bonds. The Labute approximate surface area is 275 Å². The lowest BCUT2D eigenvalue weighted by atomic mass is 9.95. The molecule has 2 aromatic heterocycles. The summed E-state index contributed by atoms with van der Waals surface area (Å²) in [6.45, 7) is 9.90. The summed E-state index contributed by atoms with van der Waals surface area (Å²) in [7, 11) is 3.10. The third-order valence-electron chi connectivity index (χ3n) is 7.48. The molecule has 8 nitrogen and oxygen atoms in total. The molecule has 11 heteroatoms. The number of hydrogen-bond donors (Lipinski definition) is 0. The minimum atomic E-state index is -0.798. The molecule has 5 rings (SSSR count). The third-order valence-corrected chi connectivity index (χ3v) is 10.3. The average molecular weight is 776 g/mol. The Hall–Kier alpha value is -3.16. The molecule has 4 aromatic rings. The van der Waals surface area contributed by atoms with Crippen LogP contribution in [0.4, 0.5) is 0 Å². The fourth-order valence-corrected chi connectivity index (χ4v) is 7.43. The van der Waals surface area contributed by atoms with Crippen molar-refractivity contribution in [1.82, 2.24) is 9.13 Å². The van der Waals surface area contributed by atoms with Gasteiger partial charge in [0.05, 0.1) is 42.7 Å². The molecular formula is C32H31BrIN3O5S. The number of aromatic nitrogens is 2. The van der Waals surface area contributed by atoms with Gasteiger partial charge in [-0.25, -0.2) is 9.79 Å². The van der Waals surface area contributed by atoms with Crippen LogP contribution < -0.4 is 24.4 Å². The number of methoxy groups -OCH3 is 2. The number of carbonyl (C=O) groups excluding carboxylic acids is 1. The number of allylic oxidation sites excluding steroid dienone is 1. The van der Waals surface area contributed by atoms with E-state index in [1.807, 2.05) is 6.08 Å². The first kappa shape index (κ1) is 31.3. The predicted molar refractivity (Wildman–Crippen MR) is 180 cm³/mol. The Morgan fingerprint density at radius 3 is 2.44 bits per heavy atom. The third kappa shape index (κ3) is 5.62. The smallest absolute Gasteiger partial charge is 0.338 e. The molecule has 2 aromatic carbocycles. The zero-order valence-corrected chi connectivity index (χ0v) is 29.4. The highest BCUT2D eigenvalue weighted by molar-refractivity contribution is 14.1. The maximum atomic E-state index is 14.2. The number of rotatable bonds is 7. The molecule has 1 atom stereocenters. The largest absolute Gasteiger partial charge is 0.493 e. The first-order valence-electron chi connectivity index (χ1n) is 13.6. The Morgan fingerprint density at radius 2 is 1.79 bits per heavy atom. The van der Waals surface area contributed by atoms with Gasteiger partial charge in [0, 0.05) is 25.1 Å². The summed E-state index contributed by atoms with van der Waals surface area (Å²) >= 11 is 7.29. The van der Waals surface area contributed by atoms with E-state index in [9.17, 15) is 9.59 Å². The van der Waals surface area contributed by atoms with Crippen LogP contribution in [0.25, 0.3) is 11.8 Å². The molecule has 0 saturated carbocycles. The molecule has 0 spiro atoms. The van der Waals surface area contributed by atoms with Crippen molar-refractivity contribution >= 4 is 61.9 Å². The van der Waals surface area contributed by atoms with Crippen LogP contribution in [-0.4, -0.2) is 35.9 Å². The van der Waals surface area contributed by atoms with Crippen molar-refractivity contribution in [3.8, 4) is 17.2 Å². The van der Waals surface area contributed by atoms with E-state index < -0.39 is 12.0 Å². The van der Waals surface area contributed by atoms with E-state index in [-0.39, 0.29) is 12.2 Å². The van der Waals surface area contributed by atoms with Gasteiger partial charge in [-0.1, -0.05) is 33.3 Å². The standard InChI is InChI=1S/C32H31BrIN3O5S/c1-8-42-31(39)28-18(4)35-32-37(29(28)22-14-25(40-6)26(41-7)15-23(22)33)30(38)27(43-32)12-20-11-17(3)36(19(20)5)21-10-9-16(2)24(34)13-21/h9-15,29H,8H2,1-7H3/b27-12-/t29-/m1/s1. The van der Waals surface area contributed by atoms with E-state index in [0.717, 1.165) is 22.6 Å². The van der Waals surface area contributed by atoms with Gasteiger partial charge in [-0.2, -0.15) is 0 Å². The van der Waals surface area contributed by atoms with Crippen molar-refractivity contribution < 1.29 is 19.0 Å². The quantitative estimate of drug-likeness (QED) is 0.173. The van der Waals surface area contributed by atoms with Crippen LogP contribution in [0.5, 0.6) is 11.5 Å². The number of carbonyl (C=O) groups is 1. The predicted octanol–water partition coefficient (Wildman–Crippen LogP) is 5.90. The number of fused-ring (bicyclic) bond motifs is 1. The molecule has 0 saturated heterocycles. The van der Waals surface area contributed by atoms with Crippen molar-refractivity contribution in [2.75, 3.05) is 20.8 Å². The summed E-state index contributed by atoms with van der Waals surface area (Å²) in [6, 6.07) is 11.2. The van der Waals surface area contributed by atoms with E-state index in [2.05, 4.69) is 88.1 Å². The molecule has 0 N–H and O–H groups in total. The van der Waals surface area contributed by atoms with E-state index in [4.69, 9.17) is 19.2 Å². The monoisotopic (exact) mass is 775 g/mol. The Balaban J connectivity index is 1.73. The zero-order valence-electron chi connectivity index (χ0n) is 24.9. The van der Waals surface area contributed by atoms with Crippen molar-refractivity contribution in [2.24, 2.45) is 4.99 Å². The number of hydrogen-bond acceptors (Lipinski definition) is 7. The van der Waals surface area contributed by atoms with Crippen LogP contribution in [0, 0.1) is 24.3 Å². The molecule has 3 heterocycles. The number of nitrogens with zero attached hydrogens (tertiary/aromatic N) is 3. The Bertz CT molecular complexity index is 1990. The lowest BCUT2D eigenvalue weighted by Gasteiger charge is -2.26. The molecule has 0 radical (unpaired) electrons. The molecule has 0 bridgehead atoms. The number of aryl methyl sites for hydroxylation is 2. The summed E-state index contributed by atoms with van der Waals surface area (Å²) in [6.07, 6.45) is 1.91. The Kier molecular flexibility index (Phi) is 9.05. The number of thiazole rings is 1. The maximum absolute atomic E-state index is 14.2. The van der Waals surface area contributed by atoms with Crippen LogP contribution in [0.1, 0.15) is 48.0 Å². The lowest BCUT2D eigenvalue weighted by Crippen LogP contribution is -2.40. The summed E-state index contributed by atoms with van der Waals surface area (Å²) in [5, 5.41) is 0. The summed E-state index contributed by atoms with van der Waals surface area (Å²) in [4.78, 5) is 32.7. The van der Waals surface area contributed by atoms with E-state index in [1.54, 1.807) is 44.8 Å². The second-order valence-corrected chi connectivity index (χ2v) is 13.2. The van der Waals surface area contributed by atoms with Crippen molar-refractivity contribution in [1.29, 1.82) is 0 Å². The van der Waals surface area contributed by atoms with Gasteiger partial charge in [0.25, 0.3) is 5.56 Å². The second kappa shape index (κ2) is 12.4. The molecule has 43 heavy (non-hydrogen) atoms. The second-order valence-electron chi connectivity index (χ2n) is 10.1.